The Hall–Kier alpha value is -4.18. The standard InChI is InChI=1S/C28H29N7O2S/c1-19(2)16-34-26-24(27(36)33(28(34)37)15-14-32-13-7-11-29-32)25(22-9-6-12-31(22)3)35(30-26)17-20-18-38-23-10-5-4-8-21(20)23/h4-13,18-19H,14-17H2,1-3H3. The number of hydrogen-bond donors (Lipinski definition) is 0. The molecule has 5 aromatic heterocycles. The van der Waals surface area contributed by atoms with Crippen LogP contribution >= 0.6 is 11.3 Å². The number of aromatic nitrogens is 7. The van der Waals surface area contributed by atoms with E-state index >= 15 is 0 Å². The van der Waals surface area contributed by atoms with Crippen molar-refractivity contribution in [2.45, 2.75) is 40.0 Å². The number of rotatable bonds is 8. The van der Waals surface area contributed by atoms with Crippen LogP contribution in [0.4, 0.5) is 0 Å². The van der Waals surface area contributed by atoms with Gasteiger partial charge in [-0.05, 0) is 46.5 Å². The number of fused-ring (bicyclic) bond motifs is 2. The molecule has 0 spiro atoms. The first-order valence-corrected chi connectivity index (χ1v) is 13.6. The van der Waals surface area contributed by atoms with Gasteiger partial charge in [-0.15, -0.1) is 11.3 Å². The van der Waals surface area contributed by atoms with Crippen LogP contribution in [0.25, 0.3) is 32.5 Å². The number of benzene rings is 1. The van der Waals surface area contributed by atoms with E-state index in [2.05, 4.69) is 36.5 Å². The highest BCUT2D eigenvalue weighted by Gasteiger charge is 2.25. The topological polar surface area (TPSA) is 84.6 Å². The first kappa shape index (κ1) is 24.2. The van der Waals surface area contributed by atoms with Gasteiger partial charge in [0, 0.05) is 36.9 Å². The van der Waals surface area contributed by atoms with E-state index < -0.39 is 0 Å². The van der Waals surface area contributed by atoms with Gasteiger partial charge in [-0.2, -0.15) is 10.2 Å². The minimum Gasteiger partial charge on any atom is -0.349 e. The minimum atomic E-state index is -0.340. The monoisotopic (exact) mass is 527 g/mol. The van der Waals surface area contributed by atoms with Gasteiger partial charge in [-0.25, -0.2) is 4.79 Å². The van der Waals surface area contributed by atoms with Crippen LogP contribution in [-0.2, 0) is 33.2 Å². The third kappa shape index (κ3) is 4.10. The van der Waals surface area contributed by atoms with Crippen molar-refractivity contribution in [3.8, 4) is 11.4 Å². The molecule has 9 nitrogen and oxygen atoms in total. The van der Waals surface area contributed by atoms with E-state index in [1.54, 1.807) is 26.8 Å². The lowest BCUT2D eigenvalue weighted by Crippen LogP contribution is -2.41. The van der Waals surface area contributed by atoms with Crippen LogP contribution in [-0.4, -0.2) is 33.3 Å². The molecular formula is C28H29N7O2S. The molecule has 0 fully saturated rings. The van der Waals surface area contributed by atoms with Crippen molar-refractivity contribution in [3.63, 3.8) is 0 Å². The summed E-state index contributed by atoms with van der Waals surface area (Å²) in [6.45, 7) is 5.71. The van der Waals surface area contributed by atoms with Crippen LogP contribution in [0.1, 0.15) is 19.4 Å². The highest BCUT2D eigenvalue weighted by atomic mass is 32.1. The van der Waals surface area contributed by atoms with E-state index in [1.165, 1.54) is 14.7 Å². The molecule has 10 heteroatoms. The molecule has 0 unspecified atom stereocenters. The van der Waals surface area contributed by atoms with Crippen molar-refractivity contribution >= 4 is 32.5 Å². The van der Waals surface area contributed by atoms with Crippen molar-refractivity contribution < 1.29 is 0 Å². The Morgan fingerprint density at radius 1 is 0.974 bits per heavy atom. The van der Waals surface area contributed by atoms with E-state index in [0.29, 0.717) is 30.7 Å². The van der Waals surface area contributed by atoms with Gasteiger partial charge in [0.25, 0.3) is 5.56 Å². The fourth-order valence-corrected chi connectivity index (χ4v) is 6.01. The second-order valence-corrected chi connectivity index (χ2v) is 10.9. The number of aryl methyl sites for hydroxylation is 2. The van der Waals surface area contributed by atoms with Crippen LogP contribution < -0.4 is 11.2 Å². The smallest absolute Gasteiger partial charge is 0.332 e. The first-order valence-electron chi connectivity index (χ1n) is 12.7. The van der Waals surface area contributed by atoms with Crippen molar-refractivity contribution in [1.29, 1.82) is 0 Å². The molecule has 0 saturated heterocycles. The molecule has 0 radical (unpaired) electrons. The maximum absolute atomic E-state index is 14.1. The molecule has 6 rings (SSSR count). The SMILES string of the molecule is CC(C)Cn1c(=O)n(CCn2cccn2)c(=O)c2c(-c3cccn3C)n(Cc3csc4ccccc34)nc21. The molecule has 194 valence electrons. The highest BCUT2D eigenvalue weighted by Crippen LogP contribution is 2.31. The molecule has 5 heterocycles. The average Bonchev–Trinajstić information content (AvgIpc) is 3.69. The second-order valence-electron chi connectivity index (χ2n) is 9.98. The van der Waals surface area contributed by atoms with Gasteiger partial charge >= 0.3 is 5.69 Å². The van der Waals surface area contributed by atoms with Gasteiger partial charge in [-0.1, -0.05) is 32.0 Å². The molecule has 0 atom stereocenters. The van der Waals surface area contributed by atoms with Crippen molar-refractivity contribution in [3.05, 3.63) is 92.8 Å². The van der Waals surface area contributed by atoms with E-state index in [0.717, 1.165) is 17.0 Å². The van der Waals surface area contributed by atoms with E-state index in [-0.39, 0.29) is 23.7 Å². The molecule has 0 aliphatic carbocycles. The summed E-state index contributed by atoms with van der Waals surface area (Å²) in [7, 11) is 1.96. The molecule has 0 amide bonds. The summed E-state index contributed by atoms with van der Waals surface area (Å²) in [6.07, 6.45) is 5.47. The predicted octanol–water partition coefficient (Wildman–Crippen LogP) is 4.18. The molecule has 0 aliphatic heterocycles. The van der Waals surface area contributed by atoms with Gasteiger partial charge in [-0.3, -0.25) is 23.3 Å². The van der Waals surface area contributed by atoms with Gasteiger partial charge < -0.3 is 4.57 Å². The Morgan fingerprint density at radius 2 is 1.82 bits per heavy atom. The Bertz CT molecular complexity index is 1860. The van der Waals surface area contributed by atoms with E-state index in [1.807, 2.05) is 59.0 Å². The fraction of sp³-hybridized carbons (Fsp3) is 0.286. The van der Waals surface area contributed by atoms with E-state index in [9.17, 15) is 9.59 Å². The first-order chi connectivity index (χ1) is 18.4. The zero-order valence-corrected chi connectivity index (χ0v) is 22.4. The average molecular weight is 528 g/mol. The summed E-state index contributed by atoms with van der Waals surface area (Å²) in [4.78, 5) is 27.8. The highest BCUT2D eigenvalue weighted by molar-refractivity contribution is 7.17. The number of nitrogens with zero attached hydrogens (tertiary/aromatic N) is 7. The summed E-state index contributed by atoms with van der Waals surface area (Å²) < 4.78 is 9.82. The number of hydrogen-bond acceptors (Lipinski definition) is 5. The summed E-state index contributed by atoms with van der Waals surface area (Å²) in [5, 5.41) is 13.0. The zero-order chi connectivity index (χ0) is 26.4. The van der Waals surface area contributed by atoms with Crippen LogP contribution in [0.3, 0.4) is 0 Å². The lowest BCUT2D eigenvalue weighted by molar-refractivity contribution is 0.461. The van der Waals surface area contributed by atoms with Crippen LogP contribution in [0.15, 0.2) is 76.0 Å². The van der Waals surface area contributed by atoms with Gasteiger partial charge in [0.15, 0.2) is 5.65 Å². The lowest BCUT2D eigenvalue weighted by atomic mass is 10.1. The maximum Gasteiger partial charge on any atom is 0.332 e. The third-order valence-electron chi connectivity index (χ3n) is 6.84. The van der Waals surface area contributed by atoms with Crippen LogP contribution in [0.2, 0.25) is 0 Å². The molecule has 0 N–H and O–H groups in total. The molecule has 0 bridgehead atoms. The largest absolute Gasteiger partial charge is 0.349 e. The van der Waals surface area contributed by atoms with Crippen molar-refractivity contribution in [2.75, 3.05) is 0 Å². The lowest BCUT2D eigenvalue weighted by Gasteiger charge is -2.13. The maximum atomic E-state index is 14.1. The Labute approximate surface area is 222 Å². The molecular weight excluding hydrogens is 498 g/mol. The van der Waals surface area contributed by atoms with Gasteiger partial charge in [0.1, 0.15) is 11.1 Å². The summed E-state index contributed by atoms with van der Waals surface area (Å²) >= 11 is 1.70. The summed E-state index contributed by atoms with van der Waals surface area (Å²) in [6, 6.07) is 14.1. The van der Waals surface area contributed by atoms with E-state index in [4.69, 9.17) is 5.10 Å². The quantitative estimate of drug-likeness (QED) is 0.297. The summed E-state index contributed by atoms with van der Waals surface area (Å²) in [5.74, 6) is 0.192. The molecule has 0 aliphatic rings. The van der Waals surface area contributed by atoms with Crippen LogP contribution in [0, 0.1) is 5.92 Å². The Balaban J connectivity index is 1.61. The Morgan fingerprint density at radius 3 is 2.55 bits per heavy atom. The minimum absolute atomic E-state index is 0.192. The van der Waals surface area contributed by atoms with Gasteiger partial charge in [0.2, 0.25) is 0 Å². The predicted molar refractivity (Wildman–Crippen MR) is 151 cm³/mol. The molecule has 6 aromatic rings. The van der Waals surface area contributed by atoms with Gasteiger partial charge in [0.05, 0.1) is 25.3 Å². The molecule has 38 heavy (non-hydrogen) atoms. The summed E-state index contributed by atoms with van der Waals surface area (Å²) in [5.41, 5.74) is 2.49. The normalized spacial score (nSPS) is 11.9. The zero-order valence-electron chi connectivity index (χ0n) is 21.6. The fourth-order valence-electron chi connectivity index (χ4n) is 5.05. The van der Waals surface area contributed by atoms with Crippen molar-refractivity contribution in [1.82, 2.24) is 33.3 Å². The molecule has 1 aromatic carbocycles. The Kier molecular flexibility index (Phi) is 6.11. The third-order valence-corrected chi connectivity index (χ3v) is 7.85. The molecule has 0 saturated carbocycles. The number of thiophene rings is 1. The second kappa shape index (κ2) is 9.60. The van der Waals surface area contributed by atoms with Crippen molar-refractivity contribution in [2.24, 2.45) is 13.0 Å². The van der Waals surface area contributed by atoms with Crippen LogP contribution in [0.5, 0.6) is 0 Å².